The first-order valence-electron chi connectivity index (χ1n) is 40.5. The van der Waals surface area contributed by atoms with Gasteiger partial charge in [-0.2, -0.15) is 0 Å². The molecule has 0 amide bonds. The maximum absolute atomic E-state index is 5.32. The average Bonchev–Trinajstić information content (AvgIpc) is 1.62. The summed E-state index contributed by atoms with van der Waals surface area (Å²) < 4.78 is 14.8. The number of aromatic nitrogens is 12. The Hall–Kier alpha value is -13.4. The lowest BCUT2D eigenvalue weighted by Gasteiger charge is -2.13. The third-order valence-corrected chi connectivity index (χ3v) is 24.2. The van der Waals surface area contributed by atoms with Crippen molar-refractivity contribution in [2.24, 2.45) is 0 Å². The number of halogens is 4. The van der Waals surface area contributed by atoms with Crippen LogP contribution in [0.3, 0.4) is 0 Å². The Labute approximate surface area is 753 Å². The van der Waals surface area contributed by atoms with Crippen LogP contribution in [0.5, 0.6) is 11.5 Å². The van der Waals surface area contributed by atoms with Gasteiger partial charge in [-0.1, -0.05) is 191 Å². The smallest absolute Gasteiger partial charge is 0.140 e. The molecule has 17 nitrogen and oxygen atoms in total. The number of nitrogens with zero attached hydrogens (tertiary/aromatic N) is 7. The van der Waals surface area contributed by atoms with E-state index in [-0.39, 0.29) is 0 Å². The number of benzene rings is 12. The molecule has 8 aromatic heterocycles. The maximum Gasteiger partial charge on any atom is 0.140 e. The summed E-state index contributed by atoms with van der Waals surface area (Å²) in [7, 11) is 15.7. The Morgan fingerprint density at radius 3 is 0.903 bits per heavy atom. The summed E-state index contributed by atoms with van der Waals surface area (Å²) in [6.07, 6.45) is 4.01. The van der Waals surface area contributed by atoms with Crippen molar-refractivity contribution < 1.29 is 9.47 Å². The van der Waals surface area contributed by atoms with Crippen LogP contribution in [0.4, 0.5) is 17.1 Å². The van der Waals surface area contributed by atoms with Crippen LogP contribution in [-0.2, 0) is 0 Å². The Balaban J connectivity index is 0.000000117. The van der Waals surface area contributed by atoms with E-state index in [0.717, 1.165) is 215 Å². The normalized spacial score (nSPS) is 11.2. The van der Waals surface area contributed by atoms with E-state index in [0.29, 0.717) is 0 Å². The number of hydrogen-bond donors (Lipinski definition) is 8. The molecule has 0 radical (unpaired) electrons. The first kappa shape index (κ1) is 82.9. The number of para-hydroxylation sites is 2. The van der Waals surface area contributed by atoms with E-state index < -0.39 is 0 Å². The van der Waals surface area contributed by atoms with Crippen LogP contribution in [0, 0.1) is 20.8 Å². The Kier molecular flexibility index (Phi) is 24.0. The first-order valence-corrected chi connectivity index (χ1v) is 43.7. The Morgan fingerprint density at radius 1 is 0.274 bits per heavy atom. The third kappa shape index (κ3) is 17.4. The summed E-state index contributed by atoms with van der Waals surface area (Å²) in [5.74, 6) is 5.04. The fourth-order valence-electron chi connectivity index (χ4n) is 15.6. The van der Waals surface area contributed by atoms with E-state index in [9.17, 15) is 0 Å². The quantitative estimate of drug-likeness (QED) is 0.0436. The van der Waals surface area contributed by atoms with Gasteiger partial charge >= 0.3 is 0 Å². The second-order valence-corrected chi connectivity index (χ2v) is 34.7. The largest absolute Gasteiger partial charge is 0.497 e. The topological polar surface area (TPSA) is 206 Å². The van der Waals surface area contributed by atoms with Crippen molar-refractivity contribution in [1.82, 2.24) is 59.8 Å². The molecule has 8 heterocycles. The number of methoxy groups -OCH3 is 2. The zero-order chi connectivity index (χ0) is 86.0. The van der Waals surface area contributed by atoms with E-state index in [1.807, 2.05) is 91.3 Å². The Morgan fingerprint density at radius 2 is 0.556 bits per heavy atom. The van der Waals surface area contributed by atoms with E-state index in [2.05, 4.69) is 382 Å². The monoisotopic (exact) mass is 1880 g/mol. The van der Waals surface area contributed by atoms with Gasteiger partial charge in [-0.15, -0.1) is 0 Å². The molecule has 0 atom stereocenters. The molecular formula is C103H89Br4N15O2. The van der Waals surface area contributed by atoms with Crippen LogP contribution in [0.25, 0.3) is 179 Å². The summed E-state index contributed by atoms with van der Waals surface area (Å²) >= 11 is 14.2. The minimum atomic E-state index is 0.806. The molecule has 616 valence electrons. The van der Waals surface area contributed by atoms with E-state index in [4.69, 9.17) is 29.4 Å². The van der Waals surface area contributed by atoms with E-state index in [1.165, 1.54) is 27.7 Å². The summed E-state index contributed by atoms with van der Waals surface area (Å²) in [5, 5.41) is 4.58. The fourth-order valence-corrected chi connectivity index (χ4v) is 16.9. The second-order valence-electron chi connectivity index (χ2n) is 31.0. The molecule has 0 aliphatic carbocycles. The van der Waals surface area contributed by atoms with Gasteiger partial charge in [0.1, 0.15) is 34.8 Å². The molecule has 0 saturated carbocycles. The molecule has 0 aliphatic rings. The number of imidazole rings is 4. The van der Waals surface area contributed by atoms with Gasteiger partial charge in [-0.25, -0.2) is 19.9 Å². The minimum absolute atomic E-state index is 0.806. The molecule has 0 saturated heterocycles. The maximum atomic E-state index is 5.32. The van der Waals surface area contributed by atoms with Gasteiger partial charge < -0.3 is 64.0 Å². The first-order chi connectivity index (χ1) is 60.2. The molecule has 21 heteroatoms. The molecular weight excluding hydrogens is 1800 g/mol. The number of aromatic amines is 8. The summed E-state index contributed by atoms with van der Waals surface area (Å²) in [6.45, 7) is 6.30. The number of ether oxygens (including phenoxy) is 2. The summed E-state index contributed by atoms with van der Waals surface area (Å²) in [4.78, 5) is 54.7. The lowest BCUT2D eigenvalue weighted by Crippen LogP contribution is -2.08. The highest BCUT2D eigenvalue weighted by Crippen LogP contribution is 2.44. The SMILES string of the molecule is COc1ccc(-c2nc(-c3c[nH]c4ccc(Br)cc34)[nH]c2-c2ccc(OC)cc2)cc1.Cc1[nH]c2ccccc2c1-c1nc(-c2ccc(Br)cc2)c(-c2ccc(Br)cc2)[nH]1.Cc1[nH]c2ccccc2c1-c1nc(-c2ccc(N(C)C)cc2)c(-c2ccc(N(C)C)cc2)[nH]1.Cc1ccc(-c2[nH]c(-c3c[nH]c4ccc(Br)cc34)nc2-c2ccc(N(C)C)cc2)cc1. The molecule has 0 spiro atoms. The minimum Gasteiger partial charge on any atom is -0.497 e. The van der Waals surface area contributed by atoms with Crippen LogP contribution in [0.1, 0.15) is 17.0 Å². The number of nitrogens with one attached hydrogen (secondary N) is 8. The third-order valence-electron chi connectivity index (χ3n) is 22.2. The van der Waals surface area contributed by atoms with Crippen LogP contribution >= 0.6 is 63.7 Å². The number of H-pyrrole nitrogens is 8. The van der Waals surface area contributed by atoms with Crippen LogP contribution in [0.15, 0.2) is 309 Å². The van der Waals surface area contributed by atoms with Crippen molar-refractivity contribution in [2.45, 2.75) is 20.8 Å². The average molecular weight is 1890 g/mol. The fraction of sp³-hybridized carbons (Fsp3) is 0.107. The Bertz CT molecular complexity index is 6880. The van der Waals surface area contributed by atoms with Crippen LogP contribution < -0.4 is 24.2 Å². The molecule has 20 rings (SSSR count). The molecule has 12 aromatic carbocycles. The van der Waals surface area contributed by atoms with Gasteiger partial charge in [0.15, 0.2) is 0 Å². The molecule has 8 N–H and O–H groups in total. The standard InChI is InChI=1S/C28H29N5.C26H23BrN4.C25H20BrN3O2.C24H17Br2N3/c1-18-25(23-8-6-7-9-24(23)29-18)28-30-26(19-10-14-21(15-11-19)32(2)3)27(31-28)20-12-16-22(17-13-20)33(4)5;1-16-4-6-17(7-5-16)24-25(18-8-11-20(12-9-18)31(2)3)30-26(29-24)22-15-28-23-13-10-19(27)14-21(22)23;1-30-18-8-3-15(4-9-18)23-24(16-5-10-19(31-2)11-6-16)29-25(28-23)21-14-27-22-12-7-17(26)13-20(21)22;1-14-21(19-4-2-3-5-20(19)27-14)24-28-22(15-6-10-17(25)11-7-15)23(29-24)16-8-12-18(26)13-9-16/h6-17,29H,1-5H3,(H,30,31);4-15,28H,1-3H3,(H,29,30);3-14,27H,1-2H3,(H,28,29);2-13,27H,1H3,(H,28,29). The molecule has 0 unspecified atom stereocenters. The van der Waals surface area contributed by atoms with Gasteiger partial charge in [0.25, 0.3) is 0 Å². The number of hydrogen-bond acceptors (Lipinski definition) is 9. The van der Waals surface area contributed by atoms with Crippen LogP contribution in [0.2, 0.25) is 0 Å². The highest BCUT2D eigenvalue weighted by Gasteiger charge is 2.25. The van der Waals surface area contributed by atoms with Crippen molar-refractivity contribution in [3.05, 3.63) is 326 Å². The van der Waals surface area contributed by atoms with E-state index in [1.54, 1.807) is 14.2 Å². The molecule has 124 heavy (non-hydrogen) atoms. The van der Waals surface area contributed by atoms with Crippen molar-refractivity contribution in [3.63, 3.8) is 0 Å². The number of anilines is 3. The number of aryl methyl sites for hydroxylation is 3. The van der Waals surface area contributed by atoms with Gasteiger partial charge in [-0.3, -0.25) is 0 Å². The second kappa shape index (κ2) is 35.9. The van der Waals surface area contributed by atoms with E-state index >= 15 is 0 Å². The van der Waals surface area contributed by atoms with Gasteiger partial charge in [0.05, 0.1) is 59.8 Å². The molecule has 0 aliphatic heterocycles. The highest BCUT2D eigenvalue weighted by atomic mass is 79.9. The van der Waals surface area contributed by atoms with Gasteiger partial charge in [0, 0.05) is 211 Å². The number of rotatable bonds is 17. The predicted octanol–water partition coefficient (Wildman–Crippen LogP) is 27.8. The summed E-state index contributed by atoms with van der Waals surface area (Å²) in [5.41, 5.74) is 32.0. The predicted molar refractivity (Wildman–Crippen MR) is 528 cm³/mol. The highest BCUT2D eigenvalue weighted by molar-refractivity contribution is 9.11. The zero-order valence-corrected chi connectivity index (χ0v) is 76.5. The van der Waals surface area contributed by atoms with Crippen molar-refractivity contribution in [2.75, 3.05) is 71.2 Å². The summed E-state index contributed by atoms with van der Waals surface area (Å²) in [6, 6.07) is 96.0. The van der Waals surface area contributed by atoms with Crippen molar-refractivity contribution in [3.8, 4) is 147 Å². The molecule has 20 aromatic rings. The van der Waals surface area contributed by atoms with Crippen LogP contribution in [-0.4, -0.2) is 116 Å². The molecule has 0 fully saturated rings. The number of fused-ring (bicyclic) bond motifs is 4. The van der Waals surface area contributed by atoms with Gasteiger partial charge in [-0.05, 0) is 178 Å². The van der Waals surface area contributed by atoms with Crippen molar-refractivity contribution >= 4 is 124 Å². The lowest BCUT2D eigenvalue weighted by molar-refractivity contribution is 0.414. The zero-order valence-electron chi connectivity index (χ0n) is 70.2. The molecule has 0 bridgehead atoms. The van der Waals surface area contributed by atoms with Crippen molar-refractivity contribution in [1.29, 1.82) is 0 Å². The lowest BCUT2D eigenvalue weighted by atomic mass is 10.0. The van der Waals surface area contributed by atoms with Gasteiger partial charge in [0.2, 0.25) is 0 Å².